The molecule has 9 heteroatoms. The van der Waals surface area contributed by atoms with Crippen molar-refractivity contribution >= 4 is 43.5 Å². The zero-order chi connectivity index (χ0) is 29.6. The number of carbonyl (C=O) groups is 2. The number of halogens is 1. The number of anilines is 1. The van der Waals surface area contributed by atoms with Crippen LogP contribution in [0, 0.1) is 13.8 Å². The van der Waals surface area contributed by atoms with E-state index in [-0.39, 0.29) is 23.4 Å². The molecule has 2 amide bonds. The summed E-state index contributed by atoms with van der Waals surface area (Å²) in [6, 6.07) is 20.4. The molecule has 0 radical (unpaired) electrons. The van der Waals surface area contributed by atoms with Gasteiger partial charge in [-0.3, -0.25) is 13.9 Å². The molecule has 1 fully saturated rings. The van der Waals surface area contributed by atoms with E-state index < -0.39 is 28.5 Å². The maximum Gasteiger partial charge on any atom is 0.264 e. The molecule has 4 rings (SSSR count). The molecule has 3 aromatic carbocycles. The van der Waals surface area contributed by atoms with E-state index in [0.29, 0.717) is 5.69 Å². The van der Waals surface area contributed by atoms with Crippen LogP contribution in [0.15, 0.2) is 82.2 Å². The molecule has 1 unspecified atom stereocenters. The lowest BCUT2D eigenvalue weighted by atomic mass is 9.95. The van der Waals surface area contributed by atoms with E-state index >= 15 is 0 Å². The molecule has 0 aliphatic heterocycles. The minimum absolute atomic E-state index is 0.0913. The summed E-state index contributed by atoms with van der Waals surface area (Å²) in [5.41, 5.74) is 3.01. The van der Waals surface area contributed by atoms with E-state index in [1.807, 2.05) is 44.2 Å². The third-order valence-electron chi connectivity index (χ3n) is 7.49. The van der Waals surface area contributed by atoms with E-state index in [9.17, 15) is 18.0 Å². The lowest BCUT2D eigenvalue weighted by Crippen LogP contribution is -2.53. The first-order chi connectivity index (χ1) is 19.5. The molecular formula is C32H38BrN3O4S. The Morgan fingerprint density at radius 2 is 1.54 bits per heavy atom. The van der Waals surface area contributed by atoms with Crippen molar-refractivity contribution in [2.45, 2.75) is 76.4 Å². The second-order valence-corrected chi connectivity index (χ2v) is 13.6. The van der Waals surface area contributed by atoms with Crippen LogP contribution < -0.4 is 9.62 Å². The Hall–Kier alpha value is -3.17. The summed E-state index contributed by atoms with van der Waals surface area (Å²) in [6.45, 7) is 5.21. The van der Waals surface area contributed by atoms with E-state index in [4.69, 9.17) is 0 Å². The van der Waals surface area contributed by atoms with Crippen LogP contribution >= 0.6 is 15.9 Å². The van der Waals surface area contributed by atoms with Crippen LogP contribution in [0.3, 0.4) is 0 Å². The Kier molecular flexibility index (Phi) is 10.3. The fraction of sp³-hybridized carbons (Fsp3) is 0.375. The predicted octanol–water partition coefficient (Wildman–Crippen LogP) is 6.13. The first kappa shape index (κ1) is 30.8. The van der Waals surface area contributed by atoms with Gasteiger partial charge in [-0.1, -0.05) is 71.6 Å². The van der Waals surface area contributed by atoms with Crippen LogP contribution in [0.1, 0.15) is 55.7 Å². The average Bonchev–Trinajstić information content (AvgIpc) is 2.95. The van der Waals surface area contributed by atoms with Crippen LogP contribution in [0.25, 0.3) is 0 Å². The largest absolute Gasteiger partial charge is 0.352 e. The molecule has 7 nitrogen and oxygen atoms in total. The van der Waals surface area contributed by atoms with Crippen molar-refractivity contribution in [2.24, 2.45) is 0 Å². The van der Waals surface area contributed by atoms with Crippen molar-refractivity contribution in [1.82, 2.24) is 10.2 Å². The number of hydrogen-bond donors (Lipinski definition) is 1. The number of sulfonamides is 1. The van der Waals surface area contributed by atoms with Crippen LogP contribution in [0.4, 0.5) is 5.69 Å². The molecule has 0 saturated heterocycles. The maximum atomic E-state index is 14.1. The topological polar surface area (TPSA) is 86.8 Å². The van der Waals surface area contributed by atoms with Crippen molar-refractivity contribution in [3.8, 4) is 0 Å². The van der Waals surface area contributed by atoms with Gasteiger partial charge in [0, 0.05) is 17.1 Å². The van der Waals surface area contributed by atoms with Gasteiger partial charge in [-0.15, -0.1) is 0 Å². The Morgan fingerprint density at radius 1 is 0.927 bits per heavy atom. The number of aryl methyl sites for hydroxylation is 2. The van der Waals surface area contributed by atoms with Gasteiger partial charge in [-0.05, 0) is 86.7 Å². The molecule has 41 heavy (non-hydrogen) atoms. The molecule has 0 bridgehead atoms. The Labute approximate surface area is 252 Å². The normalized spacial score (nSPS) is 14.7. The first-order valence-corrected chi connectivity index (χ1v) is 16.3. The van der Waals surface area contributed by atoms with Crippen LogP contribution in [-0.2, 0) is 26.2 Å². The second-order valence-electron chi connectivity index (χ2n) is 10.8. The van der Waals surface area contributed by atoms with E-state index in [1.54, 1.807) is 37.3 Å². The van der Waals surface area contributed by atoms with Gasteiger partial charge < -0.3 is 10.2 Å². The van der Waals surface area contributed by atoms with Crippen molar-refractivity contribution in [3.63, 3.8) is 0 Å². The van der Waals surface area contributed by atoms with Crippen LogP contribution in [0.2, 0.25) is 0 Å². The lowest BCUT2D eigenvalue weighted by Gasteiger charge is -2.33. The number of nitrogens with zero attached hydrogens (tertiary/aromatic N) is 2. The molecule has 218 valence electrons. The molecule has 1 aliphatic rings. The maximum absolute atomic E-state index is 14.1. The van der Waals surface area contributed by atoms with Gasteiger partial charge in [0.2, 0.25) is 11.8 Å². The minimum Gasteiger partial charge on any atom is -0.352 e. The van der Waals surface area contributed by atoms with E-state index in [2.05, 4.69) is 21.2 Å². The highest BCUT2D eigenvalue weighted by molar-refractivity contribution is 9.10. The molecular weight excluding hydrogens is 602 g/mol. The molecule has 1 aliphatic carbocycles. The third-order valence-corrected chi connectivity index (χ3v) is 9.81. The van der Waals surface area contributed by atoms with Gasteiger partial charge in [0.05, 0.1) is 10.6 Å². The number of nitrogens with one attached hydrogen (secondary N) is 1. The standard InChI is InChI=1S/C32H38BrN3O4S/c1-23-18-24(2)20-29(19-23)36(41(39,40)30-12-8-5-9-13-30)22-31(37)35(21-26-14-16-27(33)17-15-26)25(3)32(38)34-28-10-6-4-7-11-28/h5,8-9,12-20,25,28H,4,6-7,10-11,21-22H2,1-3H3,(H,34,38). The highest BCUT2D eigenvalue weighted by Gasteiger charge is 2.33. The summed E-state index contributed by atoms with van der Waals surface area (Å²) in [5, 5.41) is 3.13. The molecule has 0 spiro atoms. The number of rotatable bonds is 10. The molecule has 3 aromatic rings. The number of benzene rings is 3. The van der Waals surface area contributed by atoms with Gasteiger partial charge in [-0.2, -0.15) is 0 Å². The minimum atomic E-state index is -4.08. The van der Waals surface area contributed by atoms with Gasteiger partial charge in [0.15, 0.2) is 0 Å². The zero-order valence-corrected chi connectivity index (χ0v) is 26.2. The quantitative estimate of drug-likeness (QED) is 0.289. The Bertz CT molecular complexity index is 1440. The smallest absolute Gasteiger partial charge is 0.264 e. The lowest BCUT2D eigenvalue weighted by molar-refractivity contribution is -0.139. The Morgan fingerprint density at radius 3 is 2.15 bits per heavy atom. The summed E-state index contributed by atoms with van der Waals surface area (Å²) < 4.78 is 30.0. The second kappa shape index (κ2) is 13.7. The molecule has 1 saturated carbocycles. The first-order valence-electron chi connectivity index (χ1n) is 14.0. The van der Waals surface area contributed by atoms with Gasteiger partial charge in [0.25, 0.3) is 10.0 Å². The van der Waals surface area contributed by atoms with E-state index in [0.717, 1.165) is 51.2 Å². The fourth-order valence-electron chi connectivity index (χ4n) is 5.28. The monoisotopic (exact) mass is 639 g/mol. The Balaban J connectivity index is 1.68. The summed E-state index contributed by atoms with van der Waals surface area (Å²) in [6.07, 6.45) is 5.16. The van der Waals surface area contributed by atoms with Gasteiger partial charge in [-0.25, -0.2) is 8.42 Å². The van der Waals surface area contributed by atoms with Crippen molar-refractivity contribution in [3.05, 3.63) is 94.0 Å². The zero-order valence-electron chi connectivity index (χ0n) is 23.8. The molecule has 1 N–H and O–H groups in total. The number of hydrogen-bond acceptors (Lipinski definition) is 4. The van der Waals surface area contributed by atoms with Crippen LogP contribution in [-0.4, -0.2) is 43.8 Å². The van der Waals surface area contributed by atoms with Crippen molar-refractivity contribution < 1.29 is 18.0 Å². The summed E-state index contributed by atoms with van der Waals surface area (Å²) in [7, 11) is -4.08. The van der Waals surface area contributed by atoms with Crippen LogP contribution in [0.5, 0.6) is 0 Å². The SMILES string of the molecule is Cc1cc(C)cc(N(CC(=O)N(Cc2ccc(Br)cc2)C(C)C(=O)NC2CCCCC2)S(=O)(=O)c2ccccc2)c1. The molecule has 1 atom stereocenters. The van der Waals surface area contributed by atoms with Crippen molar-refractivity contribution in [2.75, 3.05) is 10.8 Å². The summed E-state index contributed by atoms with van der Waals surface area (Å²) >= 11 is 3.44. The third kappa shape index (κ3) is 7.98. The highest BCUT2D eigenvalue weighted by atomic mass is 79.9. The van der Waals surface area contributed by atoms with Gasteiger partial charge >= 0.3 is 0 Å². The van der Waals surface area contributed by atoms with E-state index in [1.165, 1.54) is 23.5 Å². The summed E-state index contributed by atoms with van der Waals surface area (Å²) in [5.74, 6) is -0.691. The average molecular weight is 641 g/mol. The molecule has 0 aromatic heterocycles. The number of carbonyl (C=O) groups excluding carboxylic acids is 2. The predicted molar refractivity (Wildman–Crippen MR) is 166 cm³/mol. The molecule has 0 heterocycles. The highest BCUT2D eigenvalue weighted by Crippen LogP contribution is 2.27. The fourth-order valence-corrected chi connectivity index (χ4v) is 6.96. The van der Waals surface area contributed by atoms with Crippen molar-refractivity contribution in [1.29, 1.82) is 0 Å². The van der Waals surface area contributed by atoms with Gasteiger partial charge in [0.1, 0.15) is 12.6 Å². The number of amides is 2. The summed E-state index contributed by atoms with van der Waals surface area (Å²) in [4.78, 5) is 29.1.